The lowest BCUT2D eigenvalue weighted by molar-refractivity contribution is 0.0697. The third-order valence-electron chi connectivity index (χ3n) is 2.42. The Kier molecular flexibility index (Phi) is 3.88. The fraction of sp³-hybridized carbons (Fsp3) is 0.250. The van der Waals surface area contributed by atoms with Crippen molar-refractivity contribution in [1.29, 1.82) is 0 Å². The number of carbonyl (C=O) groups is 1. The van der Waals surface area contributed by atoms with Gasteiger partial charge in [0.1, 0.15) is 5.56 Å². The molecule has 0 amide bonds. The average molecular weight is 263 g/mol. The molecular formula is C12H13N3O2S. The summed E-state index contributed by atoms with van der Waals surface area (Å²) in [5.74, 6) is -0.690. The summed E-state index contributed by atoms with van der Waals surface area (Å²) < 4.78 is 0. The Morgan fingerprint density at radius 3 is 3.06 bits per heavy atom. The minimum atomic E-state index is -1.00. The highest BCUT2D eigenvalue weighted by Gasteiger charge is 2.13. The van der Waals surface area contributed by atoms with Gasteiger partial charge in [-0.1, -0.05) is 6.07 Å². The van der Waals surface area contributed by atoms with Gasteiger partial charge in [0.05, 0.1) is 6.20 Å². The van der Waals surface area contributed by atoms with E-state index in [4.69, 9.17) is 5.11 Å². The molecule has 0 aliphatic carbocycles. The number of anilines is 1. The van der Waals surface area contributed by atoms with E-state index in [-0.39, 0.29) is 11.6 Å². The van der Waals surface area contributed by atoms with Crippen LogP contribution in [0.5, 0.6) is 0 Å². The van der Waals surface area contributed by atoms with E-state index in [1.54, 1.807) is 11.3 Å². The summed E-state index contributed by atoms with van der Waals surface area (Å²) >= 11 is 1.68. The van der Waals surface area contributed by atoms with Gasteiger partial charge in [-0.25, -0.2) is 4.79 Å². The minimum Gasteiger partial charge on any atom is -0.478 e. The number of hydrogen-bond acceptors (Lipinski definition) is 5. The van der Waals surface area contributed by atoms with Crippen LogP contribution in [-0.2, 0) is 6.42 Å². The minimum absolute atomic E-state index is 0.0958. The highest BCUT2D eigenvalue weighted by molar-refractivity contribution is 7.09. The van der Waals surface area contributed by atoms with E-state index in [1.807, 2.05) is 18.4 Å². The normalized spacial score (nSPS) is 12.1. The molecule has 1 unspecified atom stereocenters. The van der Waals surface area contributed by atoms with Gasteiger partial charge < -0.3 is 10.4 Å². The molecular weight excluding hydrogens is 250 g/mol. The number of aromatic nitrogens is 2. The molecule has 0 radical (unpaired) electrons. The maximum absolute atomic E-state index is 11.0. The number of nitrogens with one attached hydrogen (secondary N) is 1. The first-order chi connectivity index (χ1) is 8.66. The Morgan fingerprint density at radius 1 is 1.56 bits per heavy atom. The zero-order valence-corrected chi connectivity index (χ0v) is 10.6. The van der Waals surface area contributed by atoms with E-state index in [9.17, 15) is 4.79 Å². The number of thiophene rings is 1. The second-order valence-corrected chi connectivity index (χ2v) is 4.96. The second-order valence-electron chi connectivity index (χ2n) is 3.93. The number of nitrogens with zero attached hydrogens (tertiary/aromatic N) is 2. The molecule has 0 aliphatic heterocycles. The molecule has 2 aromatic rings. The van der Waals surface area contributed by atoms with E-state index < -0.39 is 5.97 Å². The summed E-state index contributed by atoms with van der Waals surface area (Å²) in [6.45, 7) is 1.99. The Hall–Kier alpha value is -1.95. The molecule has 2 heterocycles. The average Bonchev–Trinajstić information content (AvgIpc) is 2.82. The Labute approximate surface area is 109 Å². The SMILES string of the molecule is CC(Cc1cccs1)Nc1nnccc1C(=O)O. The Morgan fingerprint density at radius 2 is 2.39 bits per heavy atom. The van der Waals surface area contributed by atoms with Crippen molar-refractivity contribution in [3.63, 3.8) is 0 Å². The van der Waals surface area contributed by atoms with Crippen LogP contribution < -0.4 is 5.32 Å². The number of aromatic carboxylic acids is 1. The molecule has 2 N–H and O–H groups in total. The quantitative estimate of drug-likeness (QED) is 0.865. The van der Waals surface area contributed by atoms with Gasteiger partial charge in [0.2, 0.25) is 0 Å². The number of hydrogen-bond donors (Lipinski definition) is 2. The molecule has 0 saturated carbocycles. The summed E-state index contributed by atoms with van der Waals surface area (Å²) in [5.41, 5.74) is 0.142. The van der Waals surface area contributed by atoms with Crippen molar-refractivity contribution in [2.24, 2.45) is 0 Å². The molecule has 0 aliphatic rings. The van der Waals surface area contributed by atoms with Crippen LogP contribution in [0.1, 0.15) is 22.2 Å². The van der Waals surface area contributed by atoms with Gasteiger partial charge in [-0.3, -0.25) is 0 Å². The van der Waals surface area contributed by atoms with E-state index >= 15 is 0 Å². The van der Waals surface area contributed by atoms with E-state index in [1.165, 1.54) is 17.1 Å². The first-order valence-electron chi connectivity index (χ1n) is 5.50. The van der Waals surface area contributed by atoms with Gasteiger partial charge in [0.15, 0.2) is 5.82 Å². The zero-order chi connectivity index (χ0) is 13.0. The Balaban J connectivity index is 2.07. The van der Waals surface area contributed by atoms with Crippen LogP contribution in [0.3, 0.4) is 0 Å². The largest absolute Gasteiger partial charge is 0.478 e. The molecule has 2 aromatic heterocycles. The summed E-state index contributed by atoms with van der Waals surface area (Å²) in [6, 6.07) is 5.59. The number of carboxylic acids is 1. The maximum atomic E-state index is 11.0. The van der Waals surface area contributed by atoms with Crippen molar-refractivity contribution in [2.45, 2.75) is 19.4 Å². The lowest BCUT2D eigenvalue weighted by Gasteiger charge is -2.14. The van der Waals surface area contributed by atoms with Gasteiger partial charge in [-0.15, -0.1) is 16.4 Å². The topological polar surface area (TPSA) is 75.1 Å². The first kappa shape index (κ1) is 12.5. The Bertz CT molecular complexity index is 528. The molecule has 18 heavy (non-hydrogen) atoms. The van der Waals surface area contributed by atoms with Crippen LogP contribution in [0.15, 0.2) is 29.8 Å². The molecule has 0 saturated heterocycles. The monoisotopic (exact) mass is 263 g/mol. The molecule has 0 bridgehead atoms. The summed E-state index contributed by atoms with van der Waals surface area (Å²) in [4.78, 5) is 12.3. The van der Waals surface area contributed by atoms with Gasteiger partial charge in [0.25, 0.3) is 0 Å². The molecule has 1 atom stereocenters. The fourth-order valence-electron chi connectivity index (χ4n) is 1.63. The van der Waals surface area contributed by atoms with Crippen molar-refractivity contribution >= 4 is 23.1 Å². The van der Waals surface area contributed by atoms with Crippen molar-refractivity contribution in [2.75, 3.05) is 5.32 Å². The number of carboxylic acid groups (broad SMARTS) is 1. The summed E-state index contributed by atoms with van der Waals surface area (Å²) in [7, 11) is 0. The van der Waals surface area contributed by atoms with Crippen LogP contribution in [-0.4, -0.2) is 27.3 Å². The van der Waals surface area contributed by atoms with Crippen LogP contribution >= 0.6 is 11.3 Å². The molecule has 0 fully saturated rings. The molecule has 0 aromatic carbocycles. The van der Waals surface area contributed by atoms with Gasteiger partial charge in [-0.05, 0) is 24.4 Å². The second kappa shape index (κ2) is 5.59. The molecule has 2 rings (SSSR count). The standard InChI is InChI=1S/C12H13N3O2S/c1-8(7-9-3-2-6-18-9)14-11-10(12(16)17)4-5-13-15-11/h2-6,8H,7H2,1H3,(H,14,15)(H,16,17). The van der Waals surface area contributed by atoms with Crippen LogP contribution in [0.2, 0.25) is 0 Å². The van der Waals surface area contributed by atoms with Crippen LogP contribution in [0.4, 0.5) is 5.82 Å². The highest BCUT2D eigenvalue weighted by Crippen LogP contribution is 2.15. The molecule has 0 spiro atoms. The van der Waals surface area contributed by atoms with Crippen molar-refractivity contribution in [3.8, 4) is 0 Å². The highest BCUT2D eigenvalue weighted by atomic mass is 32.1. The smallest absolute Gasteiger partial charge is 0.339 e. The van der Waals surface area contributed by atoms with Crippen molar-refractivity contribution in [3.05, 3.63) is 40.2 Å². The predicted octanol–water partition coefficient (Wildman–Crippen LogP) is 2.28. The van der Waals surface area contributed by atoms with Gasteiger partial charge >= 0.3 is 5.97 Å². The van der Waals surface area contributed by atoms with Crippen molar-refractivity contribution < 1.29 is 9.90 Å². The van der Waals surface area contributed by atoms with E-state index in [2.05, 4.69) is 21.6 Å². The lowest BCUT2D eigenvalue weighted by Crippen LogP contribution is -2.20. The molecule has 6 heteroatoms. The molecule has 5 nitrogen and oxygen atoms in total. The third-order valence-corrected chi connectivity index (χ3v) is 3.32. The molecule has 94 valence electrons. The predicted molar refractivity (Wildman–Crippen MR) is 70.1 cm³/mol. The number of rotatable bonds is 5. The van der Waals surface area contributed by atoms with Gasteiger partial charge in [-0.2, -0.15) is 5.10 Å². The van der Waals surface area contributed by atoms with Crippen LogP contribution in [0.25, 0.3) is 0 Å². The maximum Gasteiger partial charge on any atom is 0.339 e. The first-order valence-corrected chi connectivity index (χ1v) is 6.38. The fourth-order valence-corrected chi connectivity index (χ4v) is 2.46. The van der Waals surface area contributed by atoms with E-state index in [0.717, 1.165) is 6.42 Å². The van der Waals surface area contributed by atoms with Gasteiger partial charge in [0, 0.05) is 17.3 Å². The third kappa shape index (κ3) is 3.04. The van der Waals surface area contributed by atoms with E-state index in [0.29, 0.717) is 5.82 Å². The lowest BCUT2D eigenvalue weighted by atomic mass is 10.2. The summed E-state index contributed by atoms with van der Waals surface area (Å²) in [6.07, 6.45) is 2.20. The zero-order valence-electron chi connectivity index (χ0n) is 9.83. The van der Waals surface area contributed by atoms with Crippen molar-refractivity contribution in [1.82, 2.24) is 10.2 Å². The van der Waals surface area contributed by atoms with Crippen LogP contribution in [0, 0.1) is 0 Å². The summed E-state index contributed by atoms with van der Waals surface area (Å²) in [5, 5.41) is 21.7.